The van der Waals surface area contributed by atoms with Crippen LogP contribution in [0, 0.1) is 5.82 Å². The maximum atomic E-state index is 12.8. The highest BCUT2D eigenvalue weighted by molar-refractivity contribution is 6.31. The summed E-state index contributed by atoms with van der Waals surface area (Å²) in [5, 5.41) is 7.10. The molecule has 0 spiro atoms. The predicted molar refractivity (Wildman–Crippen MR) is 61.1 cm³/mol. The summed E-state index contributed by atoms with van der Waals surface area (Å²) >= 11 is 5.89. The van der Waals surface area contributed by atoms with E-state index >= 15 is 0 Å². The topological polar surface area (TPSA) is 51.0 Å². The summed E-state index contributed by atoms with van der Waals surface area (Å²) < 4.78 is 17.6. The molecule has 2 aromatic rings. The zero-order valence-electron chi connectivity index (χ0n) is 8.99. The predicted octanol–water partition coefficient (Wildman–Crippen LogP) is 2.19. The number of aromatic nitrogens is 2. The standard InChI is InChI=1S/C11H11ClFN3O/c12-10-5-9(13)2-1-8(10)6-14-4-3-11-15-7-16-17-11/h1-2,5,7,14H,3-4,6H2. The second-order valence-electron chi connectivity index (χ2n) is 3.50. The third-order valence-electron chi connectivity index (χ3n) is 2.25. The van der Waals surface area contributed by atoms with Gasteiger partial charge in [0, 0.05) is 24.5 Å². The molecule has 0 aliphatic heterocycles. The van der Waals surface area contributed by atoms with Gasteiger partial charge in [0.15, 0.2) is 6.33 Å². The second-order valence-corrected chi connectivity index (χ2v) is 3.90. The molecule has 0 aliphatic rings. The van der Waals surface area contributed by atoms with Crippen molar-refractivity contribution in [3.05, 3.63) is 46.8 Å². The number of hydrogen-bond acceptors (Lipinski definition) is 4. The number of nitrogens with one attached hydrogen (secondary N) is 1. The minimum atomic E-state index is -0.329. The zero-order chi connectivity index (χ0) is 12.1. The normalized spacial score (nSPS) is 10.7. The van der Waals surface area contributed by atoms with E-state index in [1.807, 2.05) is 0 Å². The van der Waals surface area contributed by atoms with Crippen molar-refractivity contribution in [1.82, 2.24) is 15.5 Å². The fraction of sp³-hybridized carbons (Fsp3) is 0.273. The molecule has 0 radical (unpaired) electrons. The molecule has 0 aliphatic carbocycles. The molecule has 1 aromatic carbocycles. The van der Waals surface area contributed by atoms with E-state index in [-0.39, 0.29) is 5.82 Å². The van der Waals surface area contributed by atoms with E-state index in [9.17, 15) is 4.39 Å². The van der Waals surface area contributed by atoms with Crippen molar-refractivity contribution in [3.63, 3.8) is 0 Å². The SMILES string of the molecule is Fc1ccc(CNCCc2ncno2)c(Cl)c1. The van der Waals surface area contributed by atoms with Gasteiger partial charge in [-0.05, 0) is 17.7 Å². The smallest absolute Gasteiger partial charge is 0.227 e. The van der Waals surface area contributed by atoms with Crippen LogP contribution < -0.4 is 5.32 Å². The molecular weight excluding hydrogens is 245 g/mol. The van der Waals surface area contributed by atoms with Crippen LogP contribution in [0.15, 0.2) is 29.0 Å². The Bertz CT molecular complexity index is 476. The molecule has 4 nitrogen and oxygen atoms in total. The third kappa shape index (κ3) is 3.51. The number of hydrogen-bond donors (Lipinski definition) is 1. The van der Waals surface area contributed by atoms with E-state index in [0.29, 0.717) is 30.4 Å². The Kier molecular flexibility index (Phi) is 4.06. The minimum absolute atomic E-state index is 0.329. The molecule has 0 saturated heterocycles. The van der Waals surface area contributed by atoms with Crippen molar-refractivity contribution in [2.45, 2.75) is 13.0 Å². The zero-order valence-corrected chi connectivity index (χ0v) is 9.75. The lowest BCUT2D eigenvalue weighted by molar-refractivity contribution is 0.375. The summed E-state index contributed by atoms with van der Waals surface area (Å²) in [6, 6.07) is 4.36. The Morgan fingerprint density at radius 2 is 2.29 bits per heavy atom. The Hall–Kier alpha value is -1.46. The summed E-state index contributed by atoms with van der Waals surface area (Å²) in [5.74, 6) is 0.257. The van der Waals surface area contributed by atoms with Gasteiger partial charge in [0.05, 0.1) is 0 Å². The van der Waals surface area contributed by atoms with E-state index in [0.717, 1.165) is 5.56 Å². The average Bonchev–Trinajstić information content (AvgIpc) is 2.79. The van der Waals surface area contributed by atoms with Crippen LogP contribution in [0.5, 0.6) is 0 Å². The summed E-state index contributed by atoms with van der Waals surface area (Å²) in [4.78, 5) is 3.90. The van der Waals surface area contributed by atoms with Crippen LogP contribution in [0.1, 0.15) is 11.5 Å². The summed E-state index contributed by atoms with van der Waals surface area (Å²) in [6.07, 6.45) is 2.02. The summed E-state index contributed by atoms with van der Waals surface area (Å²) in [6.45, 7) is 1.27. The van der Waals surface area contributed by atoms with Crippen molar-refractivity contribution < 1.29 is 8.91 Å². The molecule has 0 fully saturated rings. The van der Waals surface area contributed by atoms with Gasteiger partial charge in [-0.3, -0.25) is 0 Å². The second kappa shape index (κ2) is 5.75. The Morgan fingerprint density at radius 3 is 3.00 bits per heavy atom. The Labute approximate surface area is 103 Å². The largest absolute Gasteiger partial charge is 0.340 e. The van der Waals surface area contributed by atoms with Gasteiger partial charge >= 0.3 is 0 Å². The van der Waals surface area contributed by atoms with E-state index in [4.69, 9.17) is 16.1 Å². The lowest BCUT2D eigenvalue weighted by Gasteiger charge is -2.05. The average molecular weight is 256 g/mol. The first-order valence-corrected chi connectivity index (χ1v) is 5.53. The number of halogens is 2. The highest BCUT2D eigenvalue weighted by Crippen LogP contribution is 2.16. The van der Waals surface area contributed by atoms with Crippen LogP contribution >= 0.6 is 11.6 Å². The van der Waals surface area contributed by atoms with E-state index in [1.165, 1.54) is 18.5 Å². The number of benzene rings is 1. The van der Waals surface area contributed by atoms with Gasteiger partial charge in [-0.2, -0.15) is 4.98 Å². The molecule has 0 unspecified atom stereocenters. The van der Waals surface area contributed by atoms with Crippen LogP contribution in [0.4, 0.5) is 4.39 Å². The van der Waals surface area contributed by atoms with Crippen LogP contribution in [0.2, 0.25) is 5.02 Å². The van der Waals surface area contributed by atoms with Crippen molar-refractivity contribution in [2.75, 3.05) is 6.54 Å². The lowest BCUT2D eigenvalue weighted by atomic mass is 10.2. The molecular formula is C11H11ClFN3O. The molecule has 2 rings (SSSR count). The fourth-order valence-corrected chi connectivity index (χ4v) is 1.62. The first-order valence-electron chi connectivity index (χ1n) is 5.16. The summed E-state index contributed by atoms with van der Waals surface area (Å²) in [5.41, 5.74) is 0.860. The Morgan fingerprint density at radius 1 is 1.41 bits per heavy atom. The maximum Gasteiger partial charge on any atom is 0.227 e. The highest BCUT2D eigenvalue weighted by atomic mass is 35.5. The molecule has 6 heteroatoms. The van der Waals surface area contributed by atoms with E-state index in [2.05, 4.69) is 15.5 Å². The molecule has 1 heterocycles. The van der Waals surface area contributed by atoms with Gasteiger partial charge in [-0.25, -0.2) is 4.39 Å². The first kappa shape index (κ1) is 12.0. The van der Waals surface area contributed by atoms with Crippen LogP contribution in [0.25, 0.3) is 0 Å². The molecule has 0 saturated carbocycles. The minimum Gasteiger partial charge on any atom is -0.340 e. The molecule has 0 bridgehead atoms. The molecule has 90 valence electrons. The fourth-order valence-electron chi connectivity index (χ4n) is 1.39. The number of nitrogens with zero attached hydrogens (tertiary/aromatic N) is 2. The van der Waals surface area contributed by atoms with Gasteiger partial charge in [-0.15, -0.1) is 0 Å². The van der Waals surface area contributed by atoms with Crippen molar-refractivity contribution in [1.29, 1.82) is 0 Å². The number of rotatable bonds is 5. The molecule has 1 aromatic heterocycles. The Balaban J connectivity index is 1.78. The van der Waals surface area contributed by atoms with Crippen LogP contribution in [-0.2, 0) is 13.0 Å². The summed E-state index contributed by atoms with van der Waals surface area (Å²) in [7, 11) is 0. The lowest BCUT2D eigenvalue weighted by Crippen LogP contribution is -2.17. The third-order valence-corrected chi connectivity index (χ3v) is 2.61. The van der Waals surface area contributed by atoms with Gasteiger partial charge in [0.1, 0.15) is 5.82 Å². The molecule has 0 atom stereocenters. The van der Waals surface area contributed by atoms with Crippen molar-refractivity contribution in [3.8, 4) is 0 Å². The molecule has 0 amide bonds. The highest BCUT2D eigenvalue weighted by Gasteiger charge is 2.02. The van der Waals surface area contributed by atoms with E-state index in [1.54, 1.807) is 6.07 Å². The van der Waals surface area contributed by atoms with Crippen LogP contribution in [-0.4, -0.2) is 16.7 Å². The van der Waals surface area contributed by atoms with Crippen LogP contribution in [0.3, 0.4) is 0 Å². The van der Waals surface area contributed by atoms with Gasteiger partial charge in [-0.1, -0.05) is 22.8 Å². The van der Waals surface area contributed by atoms with Gasteiger partial charge in [0.2, 0.25) is 5.89 Å². The molecule has 17 heavy (non-hydrogen) atoms. The molecule has 1 N–H and O–H groups in total. The monoisotopic (exact) mass is 255 g/mol. The first-order chi connectivity index (χ1) is 8.25. The van der Waals surface area contributed by atoms with Gasteiger partial charge in [0.25, 0.3) is 0 Å². The van der Waals surface area contributed by atoms with Crippen molar-refractivity contribution in [2.24, 2.45) is 0 Å². The van der Waals surface area contributed by atoms with Gasteiger partial charge < -0.3 is 9.84 Å². The quantitative estimate of drug-likeness (QED) is 0.832. The van der Waals surface area contributed by atoms with E-state index < -0.39 is 0 Å². The maximum absolute atomic E-state index is 12.8. The van der Waals surface area contributed by atoms with Crippen molar-refractivity contribution >= 4 is 11.6 Å².